The molecule has 1 unspecified atom stereocenters. The number of carbonyl (C=O) groups excluding carboxylic acids is 2. The first-order valence-electron chi connectivity index (χ1n) is 7.21. The first kappa shape index (κ1) is 19.2. The number of nitrogens with zero attached hydrogens (tertiary/aromatic N) is 1. The van der Waals surface area contributed by atoms with E-state index in [1.165, 1.54) is 0 Å². The third-order valence-corrected chi connectivity index (χ3v) is 3.30. The maximum Gasteiger partial charge on any atom is 0.222 e. The lowest BCUT2D eigenvalue weighted by molar-refractivity contribution is -0.133. The smallest absolute Gasteiger partial charge is 0.222 e. The largest absolute Gasteiger partial charge is 0.353 e. The molecule has 1 fully saturated rings. The van der Waals surface area contributed by atoms with Gasteiger partial charge < -0.3 is 16.0 Å². The van der Waals surface area contributed by atoms with Crippen molar-refractivity contribution in [1.82, 2.24) is 10.2 Å². The van der Waals surface area contributed by atoms with E-state index in [2.05, 4.69) is 19.2 Å². The number of piperidine rings is 1. The Morgan fingerprint density at radius 3 is 2.20 bits per heavy atom. The Balaban J connectivity index is 0.00000361. The predicted molar refractivity (Wildman–Crippen MR) is 82.7 cm³/mol. The SMILES string of the molecule is CC(C)CC(=O)N1CCC(NC(=O)CC(C)N)CC1.Cl. The Morgan fingerprint density at radius 1 is 1.20 bits per heavy atom. The lowest BCUT2D eigenvalue weighted by atomic mass is 10.0. The molecule has 1 atom stereocenters. The Bertz CT molecular complexity index is 314. The predicted octanol–water partition coefficient (Wildman–Crippen LogP) is 1.30. The molecular weight excluding hydrogens is 278 g/mol. The number of likely N-dealkylation sites (tertiary alicyclic amines) is 1. The van der Waals surface area contributed by atoms with Crippen LogP contribution >= 0.6 is 12.4 Å². The van der Waals surface area contributed by atoms with Crippen LogP contribution in [0.15, 0.2) is 0 Å². The molecule has 1 heterocycles. The van der Waals surface area contributed by atoms with E-state index >= 15 is 0 Å². The molecular formula is C14H28ClN3O2. The molecule has 0 saturated carbocycles. The average Bonchev–Trinajstić information content (AvgIpc) is 2.27. The summed E-state index contributed by atoms with van der Waals surface area (Å²) in [5.74, 6) is 0.647. The van der Waals surface area contributed by atoms with E-state index in [-0.39, 0.29) is 36.3 Å². The van der Waals surface area contributed by atoms with E-state index in [1.54, 1.807) is 0 Å². The average molecular weight is 306 g/mol. The van der Waals surface area contributed by atoms with Crippen molar-refractivity contribution >= 4 is 24.2 Å². The Morgan fingerprint density at radius 2 is 1.75 bits per heavy atom. The van der Waals surface area contributed by atoms with Crippen LogP contribution in [-0.2, 0) is 9.59 Å². The van der Waals surface area contributed by atoms with Crippen LogP contribution < -0.4 is 11.1 Å². The van der Waals surface area contributed by atoms with Gasteiger partial charge in [0.2, 0.25) is 11.8 Å². The van der Waals surface area contributed by atoms with E-state index in [0.717, 1.165) is 25.9 Å². The van der Waals surface area contributed by atoms with Crippen molar-refractivity contribution in [3.05, 3.63) is 0 Å². The molecule has 0 radical (unpaired) electrons. The van der Waals surface area contributed by atoms with Crippen LogP contribution in [0.3, 0.4) is 0 Å². The summed E-state index contributed by atoms with van der Waals surface area (Å²) in [7, 11) is 0. The van der Waals surface area contributed by atoms with Crippen molar-refractivity contribution in [3.8, 4) is 0 Å². The summed E-state index contributed by atoms with van der Waals surface area (Å²) in [6.45, 7) is 7.42. The van der Waals surface area contributed by atoms with Gasteiger partial charge in [0.05, 0.1) is 0 Å². The molecule has 1 saturated heterocycles. The van der Waals surface area contributed by atoms with Crippen LogP contribution in [0.4, 0.5) is 0 Å². The highest BCUT2D eigenvalue weighted by Gasteiger charge is 2.24. The third kappa shape index (κ3) is 7.10. The van der Waals surface area contributed by atoms with Gasteiger partial charge in [-0.3, -0.25) is 9.59 Å². The molecule has 2 amide bonds. The van der Waals surface area contributed by atoms with Gasteiger partial charge in [0.15, 0.2) is 0 Å². The molecule has 3 N–H and O–H groups in total. The number of hydrogen-bond acceptors (Lipinski definition) is 3. The fraction of sp³-hybridized carbons (Fsp3) is 0.857. The van der Waals surface area contributed by atoms with Gasteiger partial charge in [-0.25, -0.2) is 0 Å². The topological polar surface area (TPSA) is 75.4 Å². The summed E-state index contributed by atoms with van der Waals surface area (Å²) in [5.41, 5.74) is 5.59. The van der Waals surface area contributed by atoms with Crippen LogP contribution in [0, 0.1) is 5.92 Å². The quantitative estimate of drug-likeness (QED) is 0.804. The minimum absolute atomic E-state index is 0. The molecule has 1 rings (SSSR count). The van der Waals surface area contributed by atoms with Gasteiger partial charge in [-0.1, -0.05) is 13.8 Å². The van der Waals surface area contributed by atoms with Gasteiger partial charge in [0, 0.05) is 38.0 Å². The first-order valence-corrected chi connectivity index (χ1v) is 7.21. The third-order valence-electron chi connectivity index (χ3n) is 3.30. The van der Waals surface area contributed by atoms with E-state index in [1.807, 2.05) is 11.8 Å². The maximum atomic E-state index is 11.9. The molecule has 6 heteroatoms. The van der Waals surface area contributed by atoms with Crippen LogP contribution in [0.1, 0.15) is 46.5 Å². The van der Waals surface area contributed by atoms with Crippen LogP contribution in [0.2, 0.25) is 0 Å². The molecule has 118 valence electrons. The highest BCUT2D eigenvalue weighted by atomic mass is 35.5. The summed E-state index contributed by atoms with van der Waals surface area (Å²) < 4.78 is 0. The number of rotatable bonds is 5. The van der Waals surface area contributed by atoms with E-state index in [0.29, 0.717) is 18.8 Å². The second-order valence-corrected chi connectivity index (χ2v) is 6.00. The molecule has 1 aliphatic heterocycles. The van der Waals surface area contributed by atoms with Crippen molar-refractivity contribution in [2.45, 2.75) is 58.5 Å². The molecule has 0 aromatic carbocycles. The monoisotopic (exact) mass is 305 g/mol. The normalized spacial score (nSPS) is 17.6. The van der Waals surface area contributed by atoms with Crippen molar-refractivity contribution in [3.63, 3.8) is 0 Å². The standard InChI is InChI=1S/C14H27N3O2.ClH/c1-10(2)8-14(19)17-6-4-12(5-7-17)16-13(18)9-11(3)15;/h10-12H,4-9,15H2,1-3H3,(H,16,18);1H. The fourth-order valence-electron chi connectivity index (χ4n) is 2.33. The van der Waals surface area contributed by atoms with Crippen LogP contribution in [0.25, 0.3) is 0 Å². The number of carbonyl (C=O) groups is 2. The van der Waals surface area contributed by atoms with E-state index < -0.39 is 0 Å². The second-order valence-electron chi connectivity index (χ2n) is 6.00. The summed E-state index contributed by atoms with van der Waals surface area (Å²) in [5, 5.41) is 2.99. The molecule has 1 aliphatic rings. The Kier molecular flexibility index (Phi) is 8.81. The first-order chi connectivity index (χ1) is 8.88. The van der Waals surface area contributed by atoms with Gasteiger partial charge in [0.25, 0.3) is 0 Å². The summed E-state index contributed by atoms with van der Waals surface area (Å²) >= 11 is 0. The molecule has 0 aliphatic carbocycles. The van der Waals surface area contributed by atoms with Crippen molar-refractivity contribution in [1.29, 1.82) is 0 Å². The van der Waals surface area contributed by atoms with Gasteiger partial charge in [-0.2, -0.15) is 0 Å². The summed E-state index contributed by atoms with van der Waals surface area (Å²) in [6.07, 6.45) is 2.66. The molecule has 0 aromatic rings. The second kappa shape index (κ2) is 9.19. The lowest BCUT2D eigenvalue weighted by Crippen LogP contribution is -2.47. The van der Waals surface area contributed by atoms with Crippen molar-refractivity contribution in [2.24, 2.45) is 11.7 Å². The van der Waals surface area contributed by atoms with Crippen molar-refractivity contribution in [2.75, 3.05) is 13.1 Å². The number of nitrogens with two attached hydrogens (primary N) is 1. The summed E-state index contributed by atoms with van der Waals surface area (Å²) in [4.78, 5) is 25.4. The van der Waals surface area contributed by atoms with Gasteiger partial charge in [0.1, 0.15) is 0 Å². The van der Waals surface area contributed by atoms with Crippen molar-refractivity contribution < 1.29 is 9.59 Å². The lowest BCUT2D eigenvalue weighted by Gasteiger charge is -2.33. The maximum absolute atomic E-state index is 11.9. The molecule has 5 nitrogen and oxygen atoms in total. The number of halogens is 1. The summed E-state index contributed by atoms with van der Waals surface area (Å²) in [6, 6.07) is 0.0852. The minimum Gasteiger partial charge on any atom is -0.353 e. The zero-order chi connectivity index (χ0) is 14.4. The van der Waals surface area contributed by atoms with Crippen LogP contribution in [-0.4, -0.2) is 41.9 Å². The molecule has 20 heavy (non-hydrogen) atoms. The zero-order valence-corrected chi connectivity index (χ0v) is 13.5. The molecule has 0 spiro atoms. The van der Waals surface area contributed by atoms with Crippen LogP contribution in [0.5, 0.6) is 0 Å². The van der Waals surface area contributed by atoms with E-state index in [9.17, 15) is 9.59 Å². The Hall–Kier alpha value is -0.810. The Labute approximate surface area is 128 Å². The number of hydrogen-bond donors (Lipinski definition) is 2. The number of amides is 2. The minimum atomic E-state index is -0.104. The van der Waals surface area contributed by atoms with Gasteiger partial charge in [-0.05, 0) is 25.7 Å². The fourth-order valence-corrected chi connectivity index (χ4v) is 2.33. The number of nitrogens with one attached hydrogen (secondary N) is 1. The van der Waals surface area contributed by atoms with E-state index in [4.69, 9.17) is 5.73 Å². The molecule has 0 bridgehead atoms. The van der Waals surface area contributed by atoms with Gasteiger partial charge >= 0.3 is 0 Å². The van der Waals surface area contributed by atoms with Gasteiger partial charge in [-0.15, -0.1) is 12.4 Å². The highest BCUT2D eigenvalue weighted by Crippen LogP contribution is 2.13. The molecule has 0 aromatic heterocycles. The zero-order valence-electron chi connectivity index (χ0n) is 12.7. The highest BCUT2D eigenvalue weighted by molar-refractivity contribution is 5.85.